The fourth-order valence-electron chi connectivity index (χ4n) is 6.91. The Morgan fingerprint density at radius 2 is 1.65 bits per heavy atom. The molecule has 286 valence electrons. The summed E-state index contributed by atoms with van der Waals surface area (Å²) in [5.41, 5.74) is 5.96. The molecule has 2 saturated heterocycles. The molecule has 11 nitrogen and oxygen atoms in total. The molecule has 5 atom stereocenters. The fourth-order valence-corrected chi connectivity index (χ4v) is 7.97. The van der Waals surface area contributed by atoms with Crippen molar-refractivity contribution >= 4 is 23.6 Å². The number of carbonyl (C=O) groups excluding carboxylic acids is 2. The largest absolute Gasteiger partial charge is 0.471 e. The zero-order chi connectivity index (χ0) is 38.5. The molecule has 3 heterocycles. The van der Waals surface area contributed by atoms with E-state index in [0.29, 0.717) is 22.2 Å². The lowest BCUT2D eigenvalue weighted by Crippen LogP contribution is -2.50. The third-order valence-corrected chi connectivity index (χ3v) is 10.9. The molecule has 1 aromatic heterocycles. The van der Waals surface area contributed by atoms with Gasteiger partial charge in [0.25, 0.3) is 0 Å². The van der Waals surface area contributed by atoms with Gasteiger partial charge in [0.05, 0.1) is 24.5 Å². The van der Waals surface area contributed by atoms with E-state index in [4.69, 9.17) is 9.47 Å². The van der Waals surface area contributed by atoms with Crippen LogP contribution in [0.15, 0.2) is 108 Å². The smallest absolute Gasteiger partial charge is 0.392 e. The summed E-state index contributed by atoms with van der Waals surface area (Å²) in [5.74, 6) is -2.09. The lowest BCUT2D eigenvalue weighted by molar-refractivity contribution is -0.268. The highest BCUT2D eigenvalue weighted by Gasteiger charge is 2.47. The van der Waals surface area contributed by atoms with Gasteiger partial charge in [-0.25, -0.2) is 0 Å². The number of halogens is 3. The van der Waals surface area contributed by atoms with Crippen molar-refractivity contribution in [3.05, 3.63) is 125 Å². The number of nitrogens with zero attached hydrogens (tertiary/aromatic N) is 5. The SMILES string of the molecule is C[C@@H]1[C@H](CSc2nnnn2-c2ccccc2)O[C@H](c2ccc(-c3cccc(CNC(=O)[C@@H]4CCCN4C(=O)C(F)(F)F)c3)cc2)O[C@@H]1c1ccc(CO)cc1. The first-order valence-electron chi connectivity index (χ1n) is 17.9. The minimum Gasteiger partial charge on any atom is -0.392 e. The van der Waals surface area contributed by atoms with E-state index in [2.05, 4.69) is 27.8 Å². The molecular formula is C40H39F3N6O5S. The molecule has 0 bridgehead atoms. The topological polar surface area (TPSA) is 132 Å². The Labute approximate surface area is 319 Å². The van der Waals surface area contributed by atoms with Crippen molar-refractivity contribution in [1.29, 1.82) is 0 Å². The van der Waals surface area contributed by atoms with Crippen LogP contribution in [0.3, 0.4) is 0 Å². The number of nitrogens with one attached hydrogen (secondary N) is 1. The number of ether oxygens (including phenoxy) is 2. The van der Waals surface area contributed by atoms with Crippen molar-refractivity contribution in [2.24, 2.45) is 5.92 Å². The number of aromatic nitrogens is 4. The summed E-state index contributed by atoms with van der Waals surface area (Å²) in [6.07, 6.45) is -5.77. The summed E-state index contributed by atoms with van der Waals surface area (Å²) in [5, 5.41) is 25.3. The average Bonchev–Trinajstić information content (AvgIpc) is 3.90. The Kier molecular flexibility index (Phi) is 11.6. The molecule has 55 heavy (non-hydrogen) atoms. The molecule has 2 fully saturated rings. The van der Waals surface area contributed by atoms with Crippen molar-refractivity contribution in [3.8, 4) is 16.8 Å². The molecule has 0 spiro atoms. The van der Waals surface area contributed by atoms with Crippen molar-refractivity contribution in [2.75, 3.05) is 12.3 Å². The normalized spacial score (nSPS) is 21.4. The third kappa shape index (κ3) is 8.75. The van der Waals surface area contributed by atoms with Crippen LogP contribution >= 0.6 is 11.8 Å². The Morgan fingerprint density at radius 1 is 0.909 bits per heavy atom. The van der Waals surface area contributed by atoms with Gasteiger partial charge in [0.15, 0.2) is 6.29 Å². The highest BCUT2D eigenvalue weighted by Crippen LogP contribution is 2.43. The molecule has 0 saturated carbocycles. The van der Waals surface area contributed by atoms with Gasteiger partial charge in [-0.2, -0.15) is 17.9 Å². The molecule has 0 aliphatic carbocycles. The second-order valence-electron chi connectivity index (χ2n) is 13.5. The number of alkyl halides is 3. The molecule has 5 aromatic rings. The number of hydrogen-bond acceptors (Lipinski definition) is 9. The number of aliphatic hydroxyl groups excluding tert-OH is 1. The molecular weight excluding hydrogens is 734 g/mol. The maximum Gasteiger partial charge on any atom is 0.471 e. The monoisotopic (exact) mass is 772 g/mol. The van der Waals surface area contributed by atoms with Crippen LogP contribution in [0, 0.1) is 5.92 Å². The molecule has 2 amide bonds. The quantitative estimate of drug-likeness (QED) is 0.143. The zero-order valence-corrected chi connectivity index (χ0v) is 30.6. The number of thioether (sulfide) groups is 1. The summed E-state index contributed by atoms with van der Waals surface area (Å²) < 4.78 is 54.2. The first kappa shape index (κ1) is 38.2. The van der Waals surface area contributed by atoms with Crippen molar-refractivity contribution in [2.45, 2.75) is 68.8 Å². The molecule has 0 radical (unpaired) electrons. The predicted octanol–water partition coefficient (Wildman–Crippen LogP) is 6.57. The Morgan fingerprint density at radius 3 is 2.38 bits per heavy atom. The average molecular weight is 773 g/mol. The van der Waals surface area contributed by atoms with Crippen LogP contribution < -0.4 is 5.32 Å². The standard InChI is InChI=1S/C40H39F3N6O5S/c1-25-34(24-55-39-45-46-47-49(39)32-9-3-2-4-10-32)53-37(54-35(25)29-14-12-26(23-50)13-15-29)30-18-16-28(17-19-30)31-8-5-7-27(21-31)22-44-36(51)33-11-6-20-48(33)38(52)40(41,42)43/h2-5,7-10,12-19,21,25,33-35,37,50H,6,11,20,22-24H2,1H3,(H,44,51)/t25-,33+,34+,35+,37+/m1/s1. The summed E-state index contributed by atoms with van der Waals surface area (Å²) in [4.78, 5) is 25.3. The van der Waals surface area contributed by atoms with Crippen LogP contribution in [0.25, 0.3) is 16.8 Å². The van der Waals surface area contributed by atoms with Crippen LogP contribution in [0.1, 0.15) is 54.4 Å². The van der Waals surface area contributed by atoms with Gasteiger partial charge < -0.3 is 24.8 Å². The molecule has 2 aliphatic rings. The van der Waals surface area contributed by atoms with Gasteiger partial charge >= 0.3 is 12.1 Å². The first-order valence-corrected chi connectivity index (χ1v) is 18.9. The highest BCUT2D eigenvalue weighted by molar-refractivity contribution is 7.99. The van der Waals surface area contributed by atoms with Gasteiger partial charge in [-0.15, -0.1) is 5.10 Å². The molecule has 7 rings (SSSR count). The van der Waals surface area contributed by atoms with Crippen LogP contribution in [-0.2, 0) is 32.2 Å². The highest BCUT2D eigenvalue weighted by atomic mass is 32.2. The zero-order valence-electron chi connectivity index (χ0n) is 29.8. The van der Waals surface area contributed by atoms with Crippen LogP contribution in [0.5, 0.6) is 0 Å². The van der Waals surface area contributed by atoms with Crippen LogP contribution in [0.2, 0.25) is 0 Å². The van der Waals surface area contributed by atoms with E-state index in [1.54, 1.807) is 4.68 Å². The summed E-state index contributed by atoms with van der Waals surface area (Å²) in [7, 11) is 0. The van der Waals surface area contributed by atoms with Gasteiger partial charge in [0, 0.05) is 30.3 Å². The van der Waals surface area contributed by atoms with E-state index in [9.17, 15) is 27.9 Å². The first-order chi connectivity index (χ1) is 26.6. The van der Waals surface area contributed by atoms with E-state index in [0.717, 1.165) is 39.1 Å². The summed E-state index contributed by atoms with van der Waals surface area (Å²) >= 11 is 1.50. The second-order valence-corrected chi connectivity index (χ2v) is 14.5. The van der Waals surface area contributed by atoms with Crippen molar-refractivity contribution < 1.29 is 37.3 Å². The van der Waals surface area contributed by atoms with E-state index in [-0.39, 0.29) is 44.2 Å². The Balaban J connectivity index is 1.05. The Bertz CT molecular complexity index is 2080. The molecule has 2 aliphatic heterocycles. The van der Waals surface area contributed by atoms with E-state index >= 15 is 0 Å². The van der Waals surface area contributed by atoms with E-state index < -0.39 is 30.3 Å². The van der Waals surface area contributed by atoms with Gasteiger partial charge in [0.2, 0.25) is 11.1 Å². The van der Waals surface area contributed by atoms with Crippen molar-refractivity contribution in [3.63, 3.8) is 0 Å². The summed E-state index contributed by atoms with van der Waals surface area (Å²) in [6, 6.07) is 31.5. The number of likely N-dealkylation sites (tertiary alicyclic amines) is 1. The second kappa shape index (κ2) is 16.7. The minimum atomic E-state index is -5.03. The maximum absolute atomic E-state index is 13.1. The van der Waals surface area contributed by atoms with Gasteiger partial charge in [0.1, 0.15) is 6.04 Å². The number of hydrogen-bond donors (Lipinski definition) is 2. The number of amides is 2. The lowest BCUT2D eigenvalue weighted by Gasteiger charge is -2.41. The van der Waals surface area contributed by atoms with Gasteiger partial charge in [-0.3, -0.25) is 9.59 Å². The number of benzene rings is 4. The van der Waals surface area contributed by atoms with Crippen molar-refractivity contribution in [1.82, 2.24) is 30.4 Å². The fraction of sp³-hybridized carbons (Fsp3) is 0.325. The molecule has 15 heteroatoms. The van der Waals surface area contributed by atoms with E-state index in [1.165, 1.54) is 11.8 Å². The number of para-hydroxylation sites is 1. The number of carbonyl (C=O) groups is 2. The number of aliphatic hydroxyl groups is 1. The lowest BCUT2D eigenvalue weighted by atomic mass is 9.91. The van der Waals surface area contributed by atoms with Gasteiger partial charge in [-0.05, 0) is 69.3 Å². The van der Waals surface area contributed by atoms with Crippen LogP contribution in [-0.4, -0.2) is 72.6 Å². The maximum atomic E-state index is 13.1. The minimum absolute atomic E-state index is 0.0471. The summed E-state index contributed by atoms with van der Waals surface area (Å²) in [6.45, 7) is 2.02. The number of rotatable bonds is 11. The molecule has 0 unspecified atom stereocenters. The molecule has 4 aromatic carbocycles. The molecule has 2 N–H and O–H groups in total. The predicted molar refractivity (Wildman–Crippen MR) is 197 cm³/mol. The number of tetrazole rings is 1. The van der Waals surface area contributed by atoms with Gasteiger partial charge in [-0.1, -0.05) is 104 Å². The van der Waals surface area contributed by atoms with E-state index in [1.807, 2.05) is 103 Å². The Hall–Kier alpha value is -5.09. The third-order valence-electron chi connectivity index (χ3n) is 9.91. The van der Waals surface area contributed by atoms with Crippen LogP contribution in [0.4, 0.5) is 13.2 Å².